The number of hydrogen-bond donors (Lipinski definition) is 3. The van der Waals surface area contributed by atoms with Crippen molar-refractivity contribution in [2.24, 2.45) is 5.92 Å². The first-order valence-corrected chi connectivity index (χ1v) is 9.90. The number of nitrogens with one attached hydrogen (secondary N) is 2. The number of nitrogens with zero attached hydrogens (tertiary/aromatic N) is 4. The number of hydrogen-bond acceptors (Lipinski definition) is 9. The fraction of sp³-hybridized carbons (Fsp3) is 0.450. The molecule has 11 heteroatoms. The number of carbonyl (C=O) groups is 2. The molecule has 0 aromatic carbocycles. The molecule has 0 radical (unpaired) electrons. The minimum atomic E-state index is -0.550. The standard InChI is InChI=1S/C20H28N6O5/c1-4-5-6-7-15(12-26(29)13-27)20(28)25-24-16-9-8-14(11-21-16)19-22-17(30-2)10-18(23-19)31-3/h8-11,13,15,29H,4-7,12H2,1-3H3,(H,21,24)(H,25,28)/t15-/m0/s1. The fourth-order valence-corrected chi connectivity index (χ4v) is 2.78. The van der Waals surface area contributed by atoms with E-state index in [0.717, 1.165) is 19.3 Å². The SMILES string of the molecule is CCCCC[C@@H](CN(O)C=O)C(=O)NNc1ccc(-c2nc(OC)cc(OC)n2)cn1. The van der Waals surface area contributed by atoms with Crippen molar-refractivity contribution in [3.63, 3.8) is 0 Å². The van der Waals surface area contributed by atoms with E-state index in [-0.39, 0.29) is 18.9 Å². The maximum atomic E-state index is 12.5. The Morgan fingerprint density at radius 2 is 1.94 bits per heavy atom. The van der Waals surface area contributed by atoms with Gasteiger partial charge >= 0.3 is 0 Å². The summed E-state index contributed by atoms with van der Waals surface area (Å²) in [7, 11) is 3.00. The highest BCUT2D eigenvalue weighted by Gasteiger charge is 2.20. The lowest BCUT2D eigenvalue weighted by Crippen LogP contribution is -2.40. The lowest BCUT2D eigenvalue weighted by Gasteiger charge is -2.19. The van der Waals surface area contributed by atoms with E-state index >= 15 is 0 Å². The monoisotopic (exact) mass is 432 g/mol. The molecule has 0 aliphatic heterocycles. The van der Waals surface area contributed by atoms with Crippen molar-refractivity contribution >= 4 is 18.1 Å². The summed E-state index contributed by atoms with van der Waals surface area (Å²) in [5.74, 6) is 0.606. The third-order valence-corrected chi connectivity index (χ3v) is 4.49. The predicted octanol–water partition coefficient (Wildman–Crippen LogP) is 2.04. The highest BCUT2D eigenvalue weighted by molar-refractivity contribution is 5.80. The highest BCUT2D eigenvalue weighted by Crippen LogP contribution is 2.22. The number of rotatable bonds is 13. The summed E-state index contributed by atoms with van der Waals surface area (Å²) >= 11 is 0. The van der Waals surface area contributed by atoms with Crippen LogP contribution >= 0.6 is 0 Å². The summed E-state index contributed by atoms with van der Waals surface area (Å²) < 4.78 is 10.3. The van der Waals surface area contributed by atoms with Gasteiger partial charge in [-0.25, -0.2) is 10.0 Å². The minimum Gasteiger partial charge on any atom is -0.481 e. The molecular weight excluding hydrogens is 404 g/mol. The van der Waals surface area contributed by atoms with Crippen molar-refractivity contribution in [3.8, 4) is 23.1 Å². The van der Waals surface area contributed by atoms with Gasteiger partial charge in [0.15, 0.2) is 5.82 Å². The van der Waals surface area contributed by atoms with E-state index in [0.29, 0.717) is 40.4 Å². The lowest BCUT2D eigenvalue weighted by atomic mass is 10.0. The first-order chi connectivity index (χ1) is 15.0. The number of methoxy groups -OCH3 is 2. The third kappa shape index (κ3) is 7.37. The molecule has 0 saturated carbocycles. The van der Waals surface area contributed by atoms with E-state index in [1.165, 1.54) is 14.2 Å². The van der Waals surface area contributed by atoms with Crippen LogP contribution in [-0.4, -0.2) is 58.3 Å². The number of unbranched alkanes of at least 4 members (excludes halogenated alkanes) is 2. The second-order valence-corrected chi connectivity index (χ2v) is 6.74. The van der Waals surface area contributed by atoms with Crippen LogP contribution < -0.4 is 20.3 Å². The molecule has 31 heavy (non-hydrogen) atoms. The maximum Gasteiger partial charge on any atom is 0.243 e. The quantitative estimate of drug-likeness (QED) is 0.188. The maximum absolute atomic E-state index is 12.5. The van der Waals surface area contributed by atoms with Gasteiger partial charge < -0.3 is 9.47 Å². The van der Waals surface area contributed by atoms with Crippen LogP contribution in [-0.2, 0) is 9.59 Å². The molecule has 0 saturated heterocycles. The van der Waals surface area contributed by atoms with Crippen LogP contribution in [0.3, 0.4) is 0 Å². The van der Waals surface area contributed by atoms with Crippen LogP contribution in [0.4, 0.5) is 5.82 Å². The highest BCUT2D eigenvalue weighted by atomic mass is 16.5. The van der Waals surface area contributed by atoms with Gasteiger partial charge in [-0.05, 0) is 18.6 Å². The number of carbonyl (C=O) groups excluding carboxylic acids is 2. The number of hydroxylamine groups is 2. The van der Waals surface area contributed by atoms with Gasteiger partial charge in [0.05, 0.1) is 32.7 Å². The summed E-state index contributed by atoms with van der Waals surface area (Å²) in [6, 6.07) is 4.95. The number of aromatic nitrogens is 3. The van der Waals surface area contributed by atoms with Gasteiger partial charge in [0.2, 0.25) is 24.1 Å². The molecule has 1 atom stereocenters. The number of hydrazine groups is 1. The van der Waals surface area contributed by atoms with Crippen molar-refractivity contribution in [2.75, 3.05) is 26.2 Å². The van der Waals surface area contributed by atoms with Crippen LogP contribution in [0, 0.1) is 5.92 Å². The zero-order valence-corrected chi connectivity index (χ0v) is 17.9. The normalized spacial score (nSPS) is 11.4. The molecule has 168 valence electrons. The Labute approximate surface area is 180 Å². The van der Waals surface area contributed by atoms with Crippen LogP contribution in [0.5, 0.6) is 11.8 Å². The van der Waals surface area contributed by atoms with Gasteiger partial charge in [0.25, 0.3) is 0 Å². The molecule has 2 aromatic rings. The third-order valence-electron chi connectivity index (χ3n) is 4.49. The number of amides is 2. The first-order valence-electron chi connectivity index (χ1n) is 9.90. The molecule has 11 nitrogen and oxygen atoms in total. The Morgan fingerprint density at radius 1 is 1.23 bits per heavy atom. The molecule has 2 aromatic heterocycles. The van der Waals surface area contributed by atoms with Gasteiger partial charge in [-0.1, -0.05) is 26.2 Å². The summed E-state index contributed by atoms with van der Waals surface area (Å²) in [5, 5.41) is 9.93. The molecule has 3 N–H and O–H groups in total. The van der Waals surface area contributed by atoms with E-state index in [1.54, 1.807) is 24.4 Å². The molecule has 0 bridgehead atoms. The average molecular weight is 432 g/mol. The van der Waals surface area contributed by atoms with Crippen LogP contribution in [0.25, 0.3) is 11.4 Å². The molecule has 0 unspecified atom stereocenters. The topological polar surface area (TPSA) is 139 Å². The molecule has 0 spiro atoms. The first kappa shape index (κ1) is 23.8. The van der Waals surface area contributed by atoms with Crippen molar-refractivity contribution in [2.45, 2.75) is 32.6 Å². The van der Waals surface area contributed by atoms with Crippen LogP contribution in [0.15, 0.2) is 24.4 Å². The molecule has 0 aliphatic carbocycles. The van der Waals surface area contributed by atoms with E-state index < -0.39 is 5.92 Å². The Hall–Kier alpha value is -3.47. The van der Waals surface area contributed by atoms with Crippen molar-refractivity contribution in [1.82, 2.24) is 25.4 Å². The number of anilines is 1. The average Bonchev–Trinajstić information content (AvgIpc) is 2.81. The molecule has 0 aliphatic rings. The van der Waals surface area contributed by atoms with E-state index in [1.807, 2.05) is 0 Å². The second-order valence-electron chi connectivity index (χ2n) is 6.74. The Bertz CT molecular complexity index is 826. The van der Waals surface area contributed by atoms with Gasteiger partial charge in [-0.3, -0.25) is 25.6 Å². The van der Waals surface area contributed by atoms with Crippen molar-refractivity contribution in [1.29, 1.82) is 0 Å². The fourth-order valence-electron chi connectivity index (χ4n) is 2.78. The summed E-state index contributed by atoms with van der Waals surface area (Å²) in [6.45, 7) is 1.98. The second kappa shape index (κ2) is 12.3. The van der Waals surface area contributed by atoms with E-state index in [4.69, 9.17) is 9.47 Å². The predicted molar refractivity (Wildman–Crippen MR) is 112 cm³/mol. The number of ether oxygens (including phenoxy) is 2. The van der Waals surface area contributed by atoms with Crippen LogP contribution in [0.2, 0.25) is 0 Å². The zero-order valence-electron chi connectivity index (χ0n) is 17.9. The zero-order chi connectivity index (χ0) is 22.6. The lowest BCUT2D eigenvalue weighted by molar-refractivity contribution is -0.154. The molecule has 2 amide bonds. The summed E-state index contributed by atoms with van der Waals surface area (Å²) in [5.41, 5.74) is 5.95. The van der Waals surface area contributed by atoms with E-state index in [2.05, 4.69) is 32.7 Å². The van der Waals surface area contributed by atoms with Gasteiger partial charge in [-0.15, -0.1) is 0 Å². The molecular formula is C20H28N6O5. The molecule has 0 fully saturated rings. The minimum absolute atomic E-state index is 0.0812. The summed E-state index contributed by atoms with van der Waals surface area (Å²) in [4.78, 5) is 36.0. The Balaban J connectivity index is 2.01. The summed E-state index contributed by atoms with van der Waals surface area (Å²) in [6.07, 6.45) is 5.16. The van der Waals surface area contributed by atoms with Crippen molar-refractivity contribution in [3.05, 3.63) is 24.4 Å². The Morgan fingerprint density at radius 3 is 2.48 bits per heavy atom. The van der Waals surface area contributed by atoms with Crippen molar-refractivity contribution < 1.29 is 24.3 Å². The Kier molecular flexibility index (Phi) is 9.43. The largest absolute Gasteiger partial charge is 0.481 e. The number of pyridine rings is 1. The van der Waals surface area contributed by atoms with Gasteiger partial charge in [0, 0.05) is 11.8 Å². The molecule has 2 heterocycles. The van der Waals surface area contributed by atoms with Gasteiger partial charge in [-0.2, -0.15) is 9.97 Å². The van der Waals surface area contributed by atoms with Crippen LogP contribution in [0.1, 0.15) is 32.6 Å². The smallest absolute Gasteiger partial charge is 0.243 e. The molecule has 2 rings (SSSR count). The van der Waals surface area contributed by atoms with E-state index in [9.17, 15) is 14.8 Å². The van der Waals surface area contributed by atoms with Gasteiger partial charge in [0.1, 0.15) is 5.82 Å².